The second-order valence-electron chi connectivity index (χ2n) is 4.17. The van der Waals surface area contributed by atoms with Crippen LogP contribution in [-0.2, 0) is 22.0 Å². The quantitative estimate of drug-likeness (QED) is 0.916. The average Bonchev–Trinajstić information content (AvgIpc) is 2.90. The fourth-order valence-corrected chi connectivity index (χ4v) is 4.45. The van der Waals surface area contributed by atoms with Crippen LogP contribution in [0, 0.1) is 0 Å². The summed E-state index contributed by atoms with van der Waals surface area (Å²) in [5, 5.41) is 11.2. The molecule has 0 bridgehead atoms. The van der Waals surface area contributed by atoms with Gasteiger partial charge in [0.05, 0.1) is 10.5 Å². The van der Waals surface area contributed by atoms with Gasteiger partial charge in [0.1, 0.15) is 10.8 Å². The van der Waals surface area contributed by atoms with Crippen LogP contribution in [0.4, 0.5) is 0 Å². The Morgan fingerprint density at radius 2 is 2.15 bits per heavy atom. The van der Waals surface area contributed by atoms with Crippen LogP contribution in [-0.4, -0.2) is 24.5 Å². The highest BCUT2D eigenvalue weighted by atomic mass is 32.2. The Hall–Kier alpha value is -1.73. The second kappa shape index (κ2) is 5.72. The molecule has 0 radical (unpaired) electrons. The van der Waals surface area contributed by atoms with E-state index >= 15 is 0 Å². The molecule has 0 aliphatic carbocycles. The highest BCUT2D eigenvalue weighted by molar-refractivity contribution is 7.90. The molecule has 20 heavy (non-hydrogen) atoms. The van der Waals surface area contributed by atoms with E-state index in [1.165, 1.54) is 23.5 Å². The van der Waals surface area contributed by atoms with Crippen molar-refractivity contribution in [2.75, 3.05) is 0 Å². The van der Waals surface area contributed by atoms with Crippen molar-refractivity contribution in [3.63, 3.8) is 0 Å². The molecule has 0 saturated carbocycles. The fourth-order valence-electron chi connectivity index (χ4n) is 1.83. The molecule has 7 heteroatoms. The number of nitrogens with zero attached hydrogens (tertiary/aromatic N) is 1. The van der Waals surface area contributed by atoms with Crippen LogP contribution in [0.1, 0.15) is 27.9 Å². The van der Waals surface area contributed by atoms with Crippen LogP contribution in [0.15, 0.2) is 34.7 Å². The number of carboxylic acid groups (broad SMARTS) is 1. The Balaban J connectivity index is 2.48. The number of thiazole rings is 1. The van der Waals surface area contributed by atoms with Crippen LogP contribution < -0.4 is 0 Å². The topological polar surface area (TPSA) is 84.3 Å². The maximum atomic E-state index is 12.4. The van der Waals surface area contributed by atoms with Crippen molar-refractivity contribution in [3.8, 4) is 0 Å². The molecule has 1 heterocycles. The smallest absolute Gasteiger partial charge is 0.335 e. The molecule has 0 aliphatic heterocycles. The third-order valence-corrected chi connectivity index (χ3v) is 5.49. The van der Waals surface area contributed by atoms with Crippen molar-refractivity contribution >= 4 is 27.1 Å². The first-order chi connectivity index (χ1) is 9.44. The Kier molecular flexibility index (Phi) is 4.20. The Morgan fingerprint density at radius 3 is 2.70 bits per heavy atom. The highest BCUT2D eigenvalue weighted by Gasteiger charge is 2.21. The largest absolute Gasteiger partial charge is 0.478 e. The lowest BCUT2D eigenvalue weighted by molar-refractivity contribution is 0.0696. The normalized spacial score (nSPS) is 11.4. The summed E-state index contributed by atoms with van der Waals surface area (Å²) in [6, 6.07) is 4.20. The maximum absolute atomic E-state index is 12.4. The predicted molar refractivity (Wildman–Crippen MR) is 75.8 cm³/mol. The number of hydrogen-bond acceptors (Lipinski definition) is 5. The summed E-state index contributed by atoms with van der Waals surface area (Å²) >= 11 is 1.26. The number of sulfone groups is 1. The minimum absolute atomic E-state index is 0.0279. The first-order valence-electron chi connectivity index (χ1n) is 5.91. The molecule has 0 amide bonds. The number of carbonyl (C=O) groups is 1. The molecule has 0 unspecified atom stereocenters. The summed E-state index contributed by atoms with van der Waals surface area (Å²) in [4.78, 5) is 15.0. The van der Waals surface area contributed by atoms with Crippen LogP contribution in [0.25, 0.3) is 0 Å². The van der Waals surface area contributed by atoms with Crippen molar-refractivity contribution in [1.29, 1.82) is 0 Å². The Labute approximate surface area is 120 Å². The SMILES string of the molecule is CCc1ccc(C(=O)O)cc1S(=O)(=O)Cc1nccs1. The number of benzene rings is 1. The van der Waals surface area contributed by atoms with Gasteiger partial charge < -0.3 is 5.11 Å². The van der Waals surface area contributed by atoms with Crippen molar-refractivity contribution < 1.29 is 18.3 Å². The van der Waals surface area contributed by atoms with E-state index in [1.807, 2.05) is 6.92 Å². The number of aromatic carboxylic acids is 1. The summed E-state index contributed by atoms with van der Waals surface area (Å²) in [5.74, 6) is -1.35. The third-order valence-electron chi connectivity index (χ3n) is 2.83. The van der Waals surface area contributed by atoms with Crippen LogP contribution >= 0.6 is 11.3 Å². The molecular weight excluding hydrogens is 298 g/mol. The zero-order valence-corrected chi connectivity index (χ0v) is 12.4. The van der Waals surface area contributed by atoms with Gasteiger partial charge in [0.15, 0.2) is 9.84 Å². The lowest BCUT2D eigenvalue weighted by Crippen LogP contribution is -2.09. The molecule has 1 aromatic carbocycles. The van der Waals surface area contributed by atoms with E-state index < -0.39 is 15.8 Å². The Morgan fingerprint density at radius 1 is 1.40 bits per heavy atom. The number of aryl methyl sites for hydroxylation is 1. The number of aromatic nitrogens is 1. The zero-order chi connectivity index (χ0) is 14.8. The van der Waals surface area contributed by atoms with Crippen molar-refractivity contribution in [1.82, 2.24) is 4.98 Å². The average molecular weight is 311 g/mol. The monoisotopic (exact) mass is 311 g/mol. The summed E-state index contributed by atoms with van der Waals surface area (Å²) in [6.45, 7) is 1.83. The van der Waals surface area contributed by atoms with Gasteiger partial charge in [0.25, 0.3) is 0 Å². The molecule has 0 aliphatic rings. The van der Waals surface area contributed by atoms with Gasteiger partial charge in [-0.15, -0.1) is 11.3 Å². The van der Waals surface area contributed by atoms with Gasteiger partial charge in [-0.1, -0.05) is 13.0 Å². The van der Waals surface area contributed by atoms with Gasteiger partial charge >= 0.3 is 5.97 Å². The summed E-state index contributed by atoms with van der Waals surface area (Å²) in [7, 11) is -3.60. The first-order valence-corrected chi connectivity index (χ1v) is 8.44. The minimum Gasteiger partial charge on any atom is -0.478 e. The number of carboxylic acids is 1. The van der Waals surface area contributed by atoms with Gasteiger partial charge in [0.2, 0.25) is 0 Å². The molecule has 2 aromatic rings. The molecule has 0 spiro atoms. The minimum atomic E-state index is -3.60. The Bertz CT molecular complexity index is 721. The predicted octanol–water partition coefficient (Wildman–Crippen LogP) is 2.38. The van der Waals surface area contributed by atoms with E-state index in [4.69, 9.17) is 5.11 Å². The molecule has 2 rings (SSSR count). The van der Waals surface area contributed by atoms with Gasteiger partial charge in [-0.25, -0.2) is 18.2 Å². The second-order valence-corrected chi connectivity index (χ2v) is 7.10. The standard InChI is InChI=1S/C13H13NO4S2/c1-2-9-3-4-10(13(15)16)7-11(9)20(17,18)8-12-14-5-6-19-12/h3-7H,2,8H2,1H3,(H,15,16). The fraction of sp³-hybridized carbons (Fsp3) is 0.231. The van der Waals surface area contributed by atoms with Crippen LogP contribution in [0.3, 0.4) is 0 Å². The van der Waals surface area contributed by atoms with E-state index in [1.54, 1.807) is 17.6 Å². The molecule has 1 N–H and O–H groups in total. The molecule has 1 aromatic heterocycles. The molecule has 0 atom stereocenters. The van der Waals surface area contributed by atoms with Gasteiger partial charge in [-0.2, -0.15) is 0 Å². The van der Waals surface area contributed by atoms with E-state index in [9.17, 15) is 13.2 Å². The maximum Gasteiger partial charge on any atom is 0.335 e. The van der Waals surface area contributed by atoms with E-state index in [0.29, 0.717) is 17.0 Å². The van der Waals surface area contributed by atoms with Gasteiger partial charge in [0, 0.05) is 11.6 Å². The van der Waals surface area contributed by atoms with E-state index in [0.717, 1.165) is 0 Å². The van der Waals surface area contributed by atoms with Gasteiger partial charge in [-0.3, -0.25) is 0 Å². The third kappa shape index (κ3) is 3.05. The van der Waals surface area contributed by atoms with Crippen molar-refractivity contribution in [2.45, 2.75) is 24.0 Å². The van der Waals surface area contributed by atoms with Crippen LogP contribution in [0.5, 0.6) is 0 Å². The van der Waals surface area contributed by atoms with E-state index in [2.05, 4.69) is 4.98 Å². The van der Waals surface area contributed by atoms with Crippen molar-refractivity contribution in [3.05, 3.63) is 45.9 Å². The van der Waals surface area contributed by atoms with Gasteiger partial charge in [-0.05, 0) is 24.1 Å². The molecule has 5 nitrogen and oxygen atoms in total. The lowest BCUT2D eigenvalue weighted by atomic mass is 10.1. The van der Waals surface area contributed by atoms with E-state index in [-0.39, 0.29) is 16.2 Å². The number of rotatable bonds is 5. The summed E-state index contributed by atoms with van der Waals surface area (Å²) in [6.07, 6.45) is 2.07. The first kappa shape index (κ1) is 14.7. The van der Waals surface area contributed by atoms with Crippen LogP contribution in [0.2, 0.25) is 0 Å². The molecule has 0 saturated heterocycles. The van der Waals surface area contributed by atoms with Crippen molar-refractivity contribution in [2.24, 2.45) is 0 Å². The summed E-state index contributed by atoms with van der Waals surface area (Å²) in [5.41, 5.74) is 0.589. The highest BCUT2D eigenvalue weighted by Crippen LogP contribution is 2.23. The summed E-state index contributed by atoms with van der Waals surface area (Å²) < 4.78 is 24.9. The lowest BCUT2D eigenvalue weighted by Gasteiger charge is -2.09. The number of hydrogen-bond donors (Lipinski definition) is 1. The zero-order valence-electron chi connectivity index (χ0n) is 10.7. The molecular formula is C13H13NO4S2. The molecule has 106 valence electrons. The molecule has 0 fully saturated rings.